The van der Waals surface area contributed by atoms with Gasteiger partial charge in [0.15, 0.2) is 0 Å². The van der Waals surface area contributed by atoms with Crippen molar-refractivity contribution in [2.75, 3.05) is 32.8 Å². The first kappa shape index (κ1) is 26.6. The molecule has 1 spiro atoms. The van der Waals surface area contributed by atoms with Gasteiger partial charge in [-0.3, -0.25) is 19.5 Å². The molecule has 0 saturated carbocycles. The van der Waals surface area contributed by atoms with E-state index in [1.807, 2.05) is 26.0 Å². The van der Waals surface area contributed by atoms with Crippen LogP contribution < -0.4 is 0 Å². The zero-order valence-electron chi connectivity index (χ0n) is 20.7. The second-order valence-corrected chi connectivity index (χ2v) is 10.4. The van der Waals surface area contributed by atoms with Gasteiger partial charge in [0.05, 0.1) is 11.5 Å². The molecule has 2 aliphatic heterocycles. The number of aliphatic hydroxyl groups excluding tert-OH is 2. The summed E-state index contributed by atoms with van der Waals surface area (Å²) in [6, 6.07) is 4.02. The largest absolute Gasteiger partial charge is 0.462 e. The predicted octanol–water partition coefficient (Wildman–Crippen LogP) is 2.38. The topological polar surface area (TPSA) is 103 Å². The van der Waals surface area contributed by atoms with Gasteiger partial charge in [0, 0.05) is 38.4 Å². The lowest BCUT2D eigenvalue weighted by molar-refractivity contribution is -0.165. The molecule has 0 bridgehead atoms. The minimum Gasteiger partial charge on any atom is -0.462 e. The highest BCUT2D eigenvalue weighted by Crippen LogP contribution is 2.38. The van der Waals surface area contributed by atoms with Crippen LogP contribution in [0.5, 0.6) is 0 Å². The number of aliphatic hydroxyl groups is 2. The van der Waals surface area contributed by atoms with E-state index in [0.29, 0.717) is 38.8 Å². The molecule has 8 nitrogen and oxygen atoms in total. The highest BCUT2D eigenvalue weighted by atomic mass is 16.5. The molecule has 2 fully saturated rings. The molecule has 1 amide bonds. The summed E-state index contributed by atoms with van der Waals surface area (Å²) in [5.41, 5.74) is 0.618. The van der Waals surface area contributed by atoms with Gasteiger partial charge in [-0.25, -0.2) is 0 Å². The fraction of sp³-hybridized carbons (Fsp3) is 0.731. The summed E-state index contributed by atoms with van der Waals surface area (Å²) in [4.78, 5) is 34.1. The van der Waals surface area contributed by atoms with Crippen LogP contribution in [0.4, 0.5) is 0 Å². The maximum Gasteiger partial charge on any atom is 0.312 e. The first-order chi connectivity index (χ1) is 16.3. The van der Waals surface area contributed by atoms with Gasteiger partial charge in [-0.05, 0) is 68.8 Å². The van der Waals surface area contributed by atoms with Crippen LogP contribution in [0.3, 0.4) is 0 Å². The number of hydrogen-bond donors (Lipinski definition) is 2. The van der Waals surface area contributed by atoms with Crippen molar-refractivity contribution in [3.05, 3.63) is 30.1 Å². The van der Waals surface area contributed by atoms with E-state index >= 15 is 0 Å². The Morgan fingerprint density at radius 1 is 1.09 bits per heavy atom. The molecule has 0 radical (unpaired) electrons. The summed E-state index contributed by atoms with van der Waals surface area (Å²) < 4.78 is 5.56. The number of cyclic esters (lactones) is 1. The van der Waals surface area contributed by atoms with E-state index in [4.69, 9.17) is 4.74 Å². The quantitative estimate of drug-likeness (QED) is 0.645. The summed E-state index contributed by atoms with van der Waals surface area (Å²) in [6.07, 6.45) is 5.86. The van der Waals surface area contributed by atoms with Gasteiger partial charge >= 0.3 is 5.97 Å². The standard InChI is InChI=1S/C26H41N3O5/c1-20(2)17-24(32)29-13-4-3-8-26(25(33)34-19-23(31)22(30)7-14-29)9-15-28(16-10-26)18-21-5-11-27-12-6-21/h5-6,11-12,20,22-23,30-31H,3-4,7-10,13-19H2,1-2H3/t22-,23+/m0/s1. The van der Waals surface area contributed by atoms with Crippen molar-refractivity contribution in [1.29, 1.82) is 0 Å². The Labute approximate surface area is 203 Å². The summed E-state index contributed by atoms with van der Waals surface area (Å²) in [5, 5.41) is 20.8. The first-order valence-electron chi connectivity index (χ1n) is 12.7. The van der Waals surface area contributed by atoms with Crippen molar-refractivity contribution < 1.29 is 24.5 Å². The first-order valence-corrected chi connectivity index (χ1v) is 12.7. The second kappa shape index (κ2) is 12.6. The highest BCUT2D eigenvalue weighted by molar-refractivity contribution is 5.77. The fourth-order valence-corrected chi connectivity index (χ4v) is 4.95. The monoisotopic (exact) mass is 475 g/mol. The Kier molecular flexibility index (Phi) is 9.85. The number of aromatic nitrogens is 1. The maximum atomic E-state index is 13.2. The molecule has 34 heavy (non-hydrogen) atoms. The van der Waals surface area contributed by atoms with Crippen LogP contribution in [-0.2, 0) is 20.9 Å². The van der Waals surface area contributed by atoms with Gasteiger partial charge in [-0.15, -0.1) is 0 Å². The summed E-state index contributed by atoms with van der Waals surface area (Å²) in [7, 11) is 0. The molecule has 2 saturated heterocycles. The Hall–Kier alpha value is -2.03. The number of likely N-dealkylation sites (tertiary alicyclic amines) is 1. The average molecular weight is 476 g/mol. The van der Waals surface area contributed by atoms with E-state index in [1.54, 1.807) is 17.3 Å². The lowest BCUT2D eigenvalue weighted by Crippen LogP contribution is -2.45. The SMILES string of the molecule is CC(C)CC(=O)N1CCCCC2(CCN(Cc3ccncc3)CC2)C(=O)OC[C@@H](O)[C@@H](O)CC1. The number of pyridine rings is 1. The number of hydrogen-bond acceptors (Lipinski definition) is 7. The number of rotatable bonds is 4. The third kappa shape index (κ3) is 7.48. The van der Waals surface area contributed by atoms with E-state index < -0.39 is 17.6 Å². The predicted molar refractivity (Wildman–Crippen MR) is 129 cm³/mol. The zero-order valence-corrected chi connectivity index (χ0v) is 20.7. The van der Waals surface area contributed by atoms with Gasteiger partial charge < -0.3 is 19.8 Å². The summed E-state index contributed by atoms with van der Waals surface area (Å²) >= 11 is 0. The molecule has 3 heterocycles. The molecule has 2 atom stereocenters. The van der Waals surface area contributed by atoms with Gasteiger partial charge in [0.1, 0.15) is 12.7 Å². The van der Waals surface area contributed by atoms with Crippen molar-refractivity contribution in [1.82, 2.24) is 14.8 Å². The van der Waals surface area contributed by atoms with Crippen molar-refractivity contribution >= 4 is 11.9 Å². The molecule has 190 valence electrons. The van der Waals surface area contributed by atoms with E-state index in [0.717, 1.165) is 32.5 Å². The molecule has 0 aliphatic carbocycles. The molecule has 8 heteroatoms. The van der Waals surface area contributed by atoms with Gasteiger partial charge in [-0.2, -0.15) is 0 Å². The molecular formula is C26H41N3O5. The fourth-order valence-electron chi connectivity index (χ4n) is 4.95. The van der Waals surface area contributed by atoms with Crippen LogP contribution in [0.2, 0.25) is 0 Å². The van der Waals surface area contributed by atoms with E-state index in [2.05, 4.69) is 9.88 Å². The number of ether oxygens (including phenoxy) is 1. The Balaban J connectivity index is 1.65. The van der Waals surface area contributed by atoms with Gasteiger partial charge in [-0.1, -0.05) is 20.3 Å². The van der Waals surface area contributed by atoms with Crippen molar-refractivity contribution in [3.8, 4) is 0 Å². The average Bonchev–Trinajstić information content (AvgIpc) is 2.83. The van der Waals surface area contributed by atoms with E-state index in [9.17, 15) is 19.8 Å². The Morgan fingerprint density at radius 3 is 2.47 bits per heavy atom. The van der Waals surface area contributed by atoms with E-state index in [-0.39, 0.29) is 30.8 Å². The van der Waals surface area contributed by atoms with Gasteiger partial charge in [0.2, 0.25) is 5.91 Å². The lowest BCUT2D eigenvalue weighted by atomic mass is 9.74. The molecule has 1 aromatic heterocycles. The Morgan fingerprint density at radius 2 is 1.79 bits per heavy atom. The zero-order chi connectivity index (χ0) is 24.6. The van der Waals surface area contributed by atoms with Crippen molar-refractivity contribution in [2.24, 2.45) is 11.3 Å². The number of amides is 1. The van der Waals surface area contributed by atoms with E-state index in [1.165, 1.54) is 5.56 Å². The summed E-state index contributed by atoms with van der Waals surface area (Å²) in [6.45, 7) is 7.23. The smallest absolute Gasteiger partial charge is 0.312 e. The number of piperidine rings is 1. The van der Waals surface area contributed by atoms with Crippen LogP contribution in [0.25, 0.3) is 0 Å². The molecule has 2 aliphatic rings. The van der Waals surface area contributed by atoms with Crippen molar-refractivity contribution in [2.45, 2.75) is 77.5 Å². The number of nitrogens with zero attached hydrogens (tertiary/aromatic N) is 3. The maximum absolute atomic E-state index is 13.2. The number of carbonyl (C=O) groups excluding carboxylic acids is 2. The van der Waals surface area contributed by atoms with Crippen LogP contribution in [0, 0.1) is 11.3 Å². The van der Waals surface area contributed by atoms with Crippen LogP contribution in [-0.4, -0.2) is 81.9 Å². The minimum absolute atomic E-state index is 0.0815. The summed E-state index contributed by atoms with van der Waals surface area (Å²) in [5.74, 6) is 0.0755. The molecular weight excluding hydrogens is 434 g/mol. The van der Waals surface area contributed by atoms with Crippen molar-refractivity contribution in [3.63, 3.8) is 0 Å². The number of esters is 1. The Bertz CT molecular complexity index is 780. The molecule has 0 aromatic carbocycles. The molecule has 2 N–H and O–H groups in total. The molecule has 1 aromatic rings. The second-order valence-electron chi connectivity index (χ2n) is 10.4. The normalized spacial score (nSPS) is 25.3. The lowest BCUT2D eigenvalue weighted by Gasteiger charge is -2.40. The number of carbonyl (C=O) groups is 2. The third-order valence-corrected chi connectivity index (χ3v) is 7.19. The molecule has 0 unspecified atom stereocenters. The third-order valence-electron chi connectivity index (χ3n) is 7.19. The minimum atomic E-state index is -1.16. The highest BCUT2D eigenvalue weighted by Gasteiger charge is 2.42. The van der Waals surface area contributed by atoms with Crippen LogP contribution in [0.15, 0.2) is 24.5 Å². The van der Waals surface area contributed by atoms with Crippen LogP contribution in [0.1, 0.15) is 64.4 Å². The molecule has 3 rings (SSSR count). The van der Waals surface area contributed by atoms with Gasteiger partial charge in [0.25, 0.3) is 0 Å². The van der Waals surface area contributed by atoms with Crippen LogP contribution >= 0.6 is 0 Å².